The zero-order valence-electron chi connectivity index (χ0n) is 9.71. The quantitative estimate of drug-likeness (QED) is 0.606. The van der Waals surface area contributed by atoms with Crippen molar-refractivity contribution in [3.8, 4) is 0 Å². The van der Waals surface area contributed by atoms with E-state index in [1.165, 1.54) is 0 Å². The lowest BCUT2D eigenvalue weighted by atomic mass is 10.2. The summed E-state index contributed by atoms with van der Waals surface area (Å²) >= 11 is 6.87. The molecule has 4 heteroatoms. The number of hydrogen-bond donors (Lipinski definition) is 1. The van der Waals surface area contributed by atoms with E-state index in [0.29, 0.717) is 19.5 Å². The molecular weight excluding hydrogens is 250 g/mol. The third kappa shape index (κ3) is 4.42. The lowest BCUT2D eigenvalue weighted by molar-refractivity contribution is 0.187. The molecule has 0 aliphatic heterocycles. The molecule has 0 unspecified atom stereocenters. The van der Waals surface area contributed by atoms with E-state index in [9.17, 15) is 5.11 Å². The van der Waals surface area contributed by atoms with Crippen molar-refractivity contribution in [3.05, 3.63) is 47.7 Å². The first-order chi connectivity index (χ1) is 8.19. The van der Waals surface area contributed by atoms with Crippen molar-refractivity contribution in [2.45, 2.75) is 12.5 Å². The molecule has 0 radical (unpaired) electrons. The van der Waals surface area contributed by atoms with Gasteiger partial charge in [-0.05, 0) is 11.4 Å². The van der Waals surface area contributed by atoms with E-state index >= 15 is 0 Å². The highest BCUT2D eigenvalue weighted by Crippen LogP contribution is 2.22. The van der Waals surface area contributed by atoms with Crippen molar-refractivity contribution in [2.24, 2.45) is 0 Å². The molecule has 0 aromatic carbocycles. The molecule has 0 bridgehead atoms. The Morgan fingerprint density at radius 3 is 2.59 bits per heavy atom. The Bertz CT molecular complexity index is 363. The van der Waals surface area contributed by atoms with Gasteiger partial charge in [0, 0.05) is 24.4 Å². The van der Waals surface area contributed by atoms with Gasteiger partial charge in [-0.2, -0.15) is 0 Å². The van der Waals surface area contributed by atoms with Crippen LogP contribution in [0.3, 0.4) is 0 Å². The number of rotatable bonds is 7. The maximum atomic E-state index is 10.0. The zero-order chi connectivity index (χ0) is 12.7. The average molecular weight is 267 g/mol. The van der Waals surface area contributed by atoms with Gasteiger partial charge in [0.2, 0.25) is 0 Å². The topological polar surface area (TPSA) is 23.5 Å². The van der Waals surface area contributed by atoms with Gasteiger partial charge in [0.25, 0.3) is 0 Å². The summed E-state index contributed by atoms with van der Waals surface area (Å²) in [4.78, 5) is 3.67. The molecule has 0 saturated carbocycles. The molecule has 1 aromatic heterocycles. The Balaban J connectivity index is 2.56. The zero-order valence-corrected chi connectivity index (χ0v) is 11.3. The second-order valence-electron chi connectivity index (χ2n) is 3.61. The number of thiophene rings is 1. The van der Waals surface area contributed by atoms with Gasteiger partial charge in [0.1, 0.15) is 0 Å². The van der Waals surface area contributed by atoms with Crippen LogP contribution in [0.4, 0.5) is 0 Å². The van der Waals surface area contributed by atoms with Gasteiger partial charge in [0.05, 0.1) is 11.1 Å². The van der Waals surface area contributed by atoms with Crippen LogP contribution < -0.4 is 0 Å². The highest BCUT2D eigenvalue weighted by molar-refractivity contribution is 7.80. The first kappa shape index (κ1) is 14.1. The summed E-state index contributed by atoms with van der Waals surface area (Å²) in [5.41, 5.74) is 0. The van der Waals surface area contributed by atoms with Crippen LogP contribution in [0.5, 0.6) is 0 Å². The predicted octanol–water partition coefficient (Wildman–Crippen LogP) is 3.17. The molecule has 2 nitrogen and oxygen atoms in total. The molecule has 0 fully saturated rings. The van der Waals surface area contributed by atoms with Crippen LogP contribution in [-0.2, 0) is 0 Å². The smallest absolute Gasteiger partial charge is 0.0944 e. The van der Waals surface area contributed by atoms with Gasteiger partial charge in [-0.15, -0.1) is 24.5 Å². The number of hydrogen-bond acceptors (Lipinski definition) is 3. The Morgan fingerprint density at radius 1 is 1.47 bits per heavy atom. The molecule has 0 amide bonds. The van der Waals surface area contributed by atoms with Crippen LogP contribution in [0.2, 0.25) is 0 Å². The van der Waals surface area contributed by atoms with E-state index in [1.54, 1.807) is 23.5 Å². The van der Waals surface area contributed by atoms with E-state index in [1.807, 2.05) is 22.4 Å². The van der Waals surface area contributed by atoms with Crippen molar-refractivity contribution in [1.82, 2.24) is 4.90 Å². The summed E-state index contributed by atoms with van der Waals surface area (Å²) in [6.07, 6.45) is 3.55. The van der Waals surface area contributed by atoms with E-state index in [-0.39, 0.29) is 0 Å². The second-order valence-corrected chi connectivity index (χ2v) is 5.06. The summed E-state index contributed by atoms with van der Waals surface area (Å²) in [5, 5.41) is 12.0. The number of aliphatic hydroxyl groups excluding tert-OH is 1. The van der Waals surface area contributed by atoms with Crippen molar-refractivity contribution in [3.63, 3.8) is 0 Å². The minimum atomic E-state index is -0.514. The molecule has 0 spiro atoms. The highest BCUT2D eigenvalue weighted by Gasteiger charge is 2.14. The summed E-state index contributed by atoms with van der Waals surface area (Å²) in [6, 6.07) is 3.85. The predicted molar refractivity (Wildman–Crippen MR) is 78.5 cm³/mol. The highest BCUT2D eigenvalue weighted by atomic mass is 32.1. The van der Waals surface area contributed by atoms with Crippen molar-refractivity contribution >= 4 is 28.5 Å². The Kier molecular flexibility index (Phi) is 6.11. The fourth-order valence-corrected chi connectivity index (χ4v) is 2.48. The molecule has 92 valence electrons. The van der Waals surface area contributed by atoms with E-state index in [4.69, 9.17) is 12.2 Å². The Hall–Kier alpha value is -0.970. The third-order valence-electron chi connectivity index (χ3n) is 2.29. The molecule has 1 aromatic rings. The Labute approximate surface area is 112 Å². The minimum absolute atomic E-state index is 0.470. The standard InChI is InChI=1S/C13H17NOS2/c1-3-7-14(8-4-2)13(16)10-11(15)12-6-5-9-17-12/h3-6,9,11,15H,1-2,7-8,10H2/t11-/m0/s1. The molecule has 17 heavy (non-hydrogen) atoms. The van der Waals surface area contributed by atoms with Gasteiger partial charge >= 0.3 is 0 Å². The van der Waals surface area contributed by atoms with Crippen LogP contribution >= 0.6 is 23.6 Å². The molecule has 1 heterocycles. The summed E-state index contributed by atoms with van der Waals surface area (Å²) in [6.45, 7) is 8.76. The average Bonchev–Trinajstić information content (AvgIpc) is 2.82. The van der Waals surface area contributed by atoms with Crippen LogP contribution in [-0.4, -0.2) is 28.1 Å². The number of thiocarbonyl (C=S) groups is 1. The third-order valence-corrected chi connectivity index (χ3v) is 3.69. The summed E-state index contributed by atoms with van der Waals surface area (Å²) < 4.78 is 0. The fraction of sp³-hybridized carbons (Fsp3) is 0.308. The van der Waals surface area contributed by atoms with Crippen molar-refractivity contribution in [2.75, 3.05) is 13.1 Å². The van der Waals surface area contributed by atoms with Crippen LogP contribution in [0, 0.1) is 0 Å². The molecule has 0 aliphatic rings. The molecule has 1 rings (SSSR count). The van der Waals surface area contributed by atoms with E-state index < -0.39 is 6.10 Å². The van der Waals surface area contributed by atoms with Crippen molar-refractivity contribution < 1.29 is 5.11 Å². The fourth-order valence-electron chi connectivity index (χ4n) is 1.47. The van der Waals surface area contributed by atoms with Gasteiger partial charge in [-0.1, -0.05) is 30.4 Å². The summed E-state index contributed by atoms with van der Waals surface area (Å²) in [5.74, 6) is 0. The van der Waals surface area contributed by atoms with Gasteiger partial charge in [-0.25, -0.2) is 0 Å². The molecular formula is C13H17NOS2. The first-order valence-corrected chi connectivity index (χ1v) is 6.68. The molecule has 0 aliphatic carbocycles. The SMILES string of the molecule is C=CCN(CC=C)C(=S)C[C@H](O)c1cccs1. The van der Waals surface area contributed by atoms with Crippen LogP contribution in [0.25, 0.3) is 0 Å². The molecule has 1 N–H and O–H groups in total. The van der Waals surface area contributed by atoms with Crippen LogP contribution in [0.15, 0.2) is 42.8 Å². The van der Waals surface area contributed by atoms with Gasteiger partial charge in [-0.3, -0.25) is 0 Å². The maximum absolute atomic E-state index is 10.0. The van der Waals surface area contributed by atoms with Gasteiger partial charge in [0.15, 0.2) is 0 Å². The normalized spacial score (nSPS) is 11.8. The lowest BCUT2D eigenvalue weighted by Gasteiger charge is -2.23. The number of nitrogens with zero attached hydrogens (tertiary/aromatic N) is 1. The lowest BCUT2D eigenvalue weighted by Crippen LogP contribution is -2.30. The molecule has 0 saturated heterocycles. The van der Waals surface area contributed by atoms with Crippen LogP contribution in [0.1, 0.15) is 17.4 Å². The monoisotopic (exact) mass is 267 g/mol. The molecule has 1 atom stereocenters. The number of aliphatic hydroxyl groups is 1. The van der Waals surface area contributed by atoms with E-state index in [0.717, 1.165) is 9.87 Å². The maximum Gasteiger partial charge on any atom is 0.0944 e. The van der Waals surface area contributed by atoms with E-state index in [2.05, 4.69) is 13.2 Å². The van der Waals surface area contributed by atoms with Gasteiger partial charge < -0.3 is 10.0 Å². The Morgan fingerprint density at radius 2 is 2.12 bits per heavy atom. The minimum Gasteiger partial charge on any atom is -0.387 e. The second kappa shape index (κ2) is 7.37. The first-order valence-electron chi connectivity index (χ1n) is 5.40. The largest absolute Gasteiger partial charge is 0.387 e. The van der Waals surface area contributed by atoms with Crippen molar-refractivity contribution in [1.29, 1.82) is 0 Å². The summed E-state index contributed by atoms with van der Waals surface area (Å²) in [7, 11) is 0.